The lowest BCUT2D eigenvalue weighted by atomic mass is 10.1. The molecular formula is C20H16Cl2NO2P. The molecule has 0 fully saturated rings. The number of hydrogen-bond donors (Lipinski definition) is 0. The van der Waals surface area contributed by atoms with Gasteiger partial charge in [-0.2, -0.15) is 0 Å². The molecule has 0 spiro atoms. The molecule has 3 nitrogen and oxygen atoms in total. The van der Waals surface area contributed by atoms with Crippen LogP contribution in [0.5, 0.6) is 0 Å². The minimum Gasteiger partial charge on any atom is -0.265 e. The van der Waals surface area contributed by atoms with Gasteiger partial charge in [0, 0.05) is 15.0 Å². The van der Waals surface area contributed by atoms with E-state index < -0.39 is 7.92 Å². The minimum atomic E-state index is -1.01. The first-order valence-electron chi connectivity index (χ1n) is 8.02. The van der Waals surface area contributed by atoms with E-state index in [4.69, 9.17) is 23.2 Å². The number of nitro groups is 1. The molecule has 0 radical (unpaired) electrons. The first-order valence-corrected chi connectivity index (χ1v) is 10.2. The molecule has 0 aliphatic rings. The van der Waals surface area contributed by atoms with Crippen LogP contribution in [0.2, 0.25) is 10.0 Å². The number of nitrogens with zero attached hydrogens (tertiary/aromatic N) is 1. The molecule has 0 saturated heterocycles. The molecule has 3 aromatic carbocycles. The summed E-state index contributed by atoms with van der Waals surface area (Å²) in [7, 11) is -1.01. The van der Waals surface area contributed by atoms with Gasteiger partial charge in [0.05, 0.1) is 5.66 Å². The van der Waals surface area contributed by atoms with Crippen molar-refractivity contribution in [3.63, 3.8) is 0 Å². The zero-order chi connectivity index (χ0) is 18.5. The Morgan fingerprint density at radius 1 is 0.808 bits per heavy atom. The van der Waals surface area contributed by atoms with Gasteiger partial charge in [-0.05, 0) is 48.4 Å². The van der Waals surface area contributed by atoms with Crippen LogP contribution in [0.15, 0.2) is 78.9 Å². The van der Waals surface area contributed by atoms with E-state index in [0.717, 1.165) is 16.2 Å². The van der Waals surface area contributed by atoms with Crippen LogP contribution in [0.3, 0.4) is 0 Å². The van der Waals surface area contributed by atoms with E-state index in [2.05, 4.69) is 0 Å². The fraction of sp³-hybridized carbons (Fsp3) is 0.100. The molecule has 0 unspecified atom stereocenters. The van der Waals surface area contributed by atoms with Gasteiger partial charge in [0.2, 0.25) is 6.54 Å². The zero-order valence-electron chi connectivity index (χ0n) is 13.8. The summed E-state index contributed by atoms with van der Waals surface area (Å²) in [6.45, 7) is -0.138. The van der Waals surface area contributed by atoms with E-state index in [9.17, 15) is 10.1 Å². The van der Waals surface area contributed by atoms with Crippen molar-refractivity contribution in [3.8, 4) is 0 Å². The van der Waals surface area contributed by atoms with Crippen LogP contribution >= 0.6 is 31.1 Å². The third-order valence-electron chi connectivity index (χ3n) is 4.03. The molecule has 3 rings (SSSR count). The van der Waals surface area contributed by atoms with E-state index in [-0.39, 0.29) is 17.1 Å². The number of benzene rings is 3. The summed E-state index contributed by atoms with van der Waals surface area (Å²) in [6, 6.07) is 24.8. The van der Waals surface area contributed by atoms with Gasteiger partial charge in [0.15, 0.2) is 0 Å². The molecule has 0 saturated carbocycles. The molecule has 0 aliphatic heterocycles. The highest BCUT2D eigenvalue weighted by molar-refractivity contribution is 7.73. The van der Waals surface area contributed by atoms with Gasteiger partial charge in [-0.3, -0.25) is 10.1 Å². The Balaban J connectivity index is 2.14. The molecule has 6 heteroatoms. The first kappa shape index (κ1) is 18.8. The van der Waals surface area contributed by atoms with E-state index in [1.807, 2.05) is 78.9 Å². The smallest absolute Gasteiger partial charge is 0.215 e. The molecule has 0 amide bonds. The minimum absolute atomic E-state index is 0.138. The lowest BCUT2D eigenvalue weighted by Gasteiger charge is -2.26. The summed E-state index contributed by atoms with van der Waals surface area (Å²) < 4.78 is 0. The maximum absolute atomic E-state index is 11.4. The predicted octanol–water partition coefficient (Wildman–Crippen LogP) is 5.44. The number of halogens is 2. The van der Waals surface area contributed by atoms with Crippen molar-refractivity contribution in [1.82, 2.24) is 0 Å². The van der Waals surface area contributed by atoms with Gasteiger partial charge in [0.25, 0.3) is 0 Å². The first-order chi connectivity index (χ1) is 12.5. The third kappa shape index (κ3) is 4.62. The Bertz CT molecular complexity index is 825. The Hall–Kier alpha value is -1.93. The van der Waals surface area contributed by atoms with Gasteiger partial charge in [-0.1, -0.05) is 77.8 Å². The van der Waals surface area contributed by atoms with Crippen molar-refractivity contribution in [2.75, 3.05) is 6.54 Å². The van der Waals surface area contributed by atoms with E-state index in [1.165, 1.54) is 0 Å². The van der Waals surface area contributed by atoms with Gasteiger partial charge < -0.3 is 0 Å². The Labute approximate surface area is 163 Å². The second kappa shape index (κ2) is 8.64. The maximum atomic E-state index is 11.4. The molecule has 26 heavy (non-hydrogen) atoms. The summed E-state index contributed by atoms with van der Waals surface area (Å²) in [5.74, 6) is 0. The molecule has 132 valence electrons. The SMILES string of the molecule is O=[N+]([O-])C[C@@H](c1ccccc1)P(c1ccc(Cl)cc1)c1ccc(Cl)cc1. The summed E-state index contributed by atoms with van der Waals surface area (Å²) in [5, 5.41) is 14.8. The number of hydrogen-bond acceptors (Lipinski definition) is 2. The van der Waals surface area contributed by atoms with Crippen molar-refractivity contribution < 1.29 is 4.92 Å². The second-order valence-electron chi connectivity index (χ2n) is 5.76. The number of rotatable bonds is 6. The highest BCUT2D eigenvalue weighted by Crippen LogP contribution is 2.49. The zero-order valence-corrected chi connectivity index (χ0v) is 16.2. The molecule has 0 aliphatic carbocycles. The monoisotopic (exact) mass is 403 g/mol. The van der Waals surface area contributed by atoms with Gasteiger partial charge in [-0.25, -0.2) is 0 Å². The fourth-order valence-corrected chi connectivity index (χ4v) is 5.84. The quantitative estimate of drug-likeness (QED) is 0.312. The topological polar surface area (TPSA) is 43.1 Å². The second-order valence-corrected chi connectivity index (χ2v) is 9.03. The lowest BCUT2D eigenvalue weighted by Crippen LogP contribution is -2.22. The van der Waals surface area contributed by atoms with Crippen molar-refractivity contribution in [2.45, 2.75) is 5.66 Å². The van der Waals surface area contributed by atoms with Crippen molar-refractivity contribution >= 4 is 41.7 Å². The predicted molar refractivity (Wildman–Crippen MR) is 110 cm³/mol. The van der Waals surface area contributed by atoms with E-state index in [0.29, 0.717) is 10.0 Å². The van der Waals surface area contributed by atoms with Crippen LogP contribution in [0.25, 0.3) is 0 Å². The van der Waals surface area contributed by atoms with Crippen molar-refractivity contribution in [2.24, 2.45) is 0 Å². The Morgan fingerprint density at radius 2 is 1.27 bits per heavy atom. The van der Waals surface area contributed by atoms with Crippen LogP contribution in [0, 0.1) is 10.1 Å². The Morgan fingerprint density at radius 3 is 1.69 bits per heavy atom. The normalized spacial score (nSPS) is 12.1. The third-order valence-corrected chi connectivity index (χ3v) is 7.33. The van der Waals surface area contributed by atoms with Crippen LogP contribution in [0.4, 0.5) is 0 Å². The van der Waals surface area contributed by atoms with Crippen LogP contribution < -0.4 is 10.6 Å². The summed E-state index contributed by atoms with van der Waals surface area (Å²) >= 11 is 12.1. The largest absolute Gasteiger partial charge is 0.265 e. The molecule has 0 N–H and O–H groups in total. The van der Waals surface area contributed by atoms with Crippen molar-refractivity contribution in [1.29, 1.82) is 0 Å². The molecule has 0 aromatic heterocycles. The standard InChI is InChI=1S/C20H16Cl2NO2P/c21-16-6-10-18(11-7-16)26(19-12-8-17(22)9-13-19)20(14-23(24)25)15-4-2-1-3-5-15/h1-13,20H,14H2/t20-/m0/s1. The summed E-state index contributed by atoms with van der Waals surface area (Å²) in [5.41, 5.74) is 0.712. The average Bonchev–Trinajstić information content (AvgIpc) is 2.64. The van der Waals surface area contributed by atoms with E-state index in [1.54, 1.807) is 0 Å². The van der Waals surface area contributed by atoms with Crippen LogP contribution in [0.1, 0.15) is 11.2 Å². The fourth-order valence-electron chi connectivity index (χ4n) is 2.86. The molecule has 1 atom stereocenters. The Kier molecular flexibility index (Phi) is 6.26. The van der Waals surface area contributed by atoms with E-state index >= 15 is 0 Å². The van der Waals surface area contributed by atoms with Crippen LogP contribution in [-0.2, 0) is 0 Å². The average molecular weight is 404 g/mol. The van der Waals surface area contributed by atoms with Crippen molar-refractivity contribution in [3.05, 3.63) is 105 Å². The van der Waals surface area contributed by atoms with Gasteiger partial charge in [-0.15, -0.1) is 0 Å². The molecule has 0 bridgehead atoms. The maximum Gasteiger partial charge on any atom is 0.215 e. The summed E-state index contributed by atoms with van der Waals surface area (Å²) in [4.78, 5) is 11.2. The molecule has 3 aromatic rings. The summed E-state index contributed by atoms with van der Waals surface area (Å²) in [6.07, 6.45) is 0. The molecule has 0 heterocycles. The van der Waals surface area contributed by atoms with Gasteiger partial charge >= 0.3 is 0 Å². The highest BCUT2D eigenvalue weighted by atomic mass is 35.5. The lowest BCUT2D eigenvalue weighted by molar-refractivity contribution is -0.479. The molecular weight excluding hydrogens is 388 g/mol. The highest BCUT2D eigenvalue weighted by Gasteiger charge is 2.30. The van der Waals surface area contributed by atoms with Gasteiger partial charge in [0.1, 0.15) is 0 Å². The van der Waals surface area contributed by atoms with Crippen LogP contribution in [-0.4, -0.2) is 11.5 Å².